The molecule has 1 aromatic heterocycles. The first-order valence-corrected chi connectivity index (χ1v) is 4.69. The number of rotatable bonds is 3. The van der Waals surface area contributed by atoms with Crippen LogP contribution in [0, 0.1) is 0 Å². The minimum atomic E-state index is 0.200. The van der Waals surface area contributed by atoms with Crippen LogP contribution in [-0.4, -0.2) is 23.2 Å². The SMILES string of the molecule is OCCNC1CCc2ccncc21. The van der Waals surface area contributed by atoms with Crippen molar-refractivity contribution in [3.63, 3.8) is 0 Å². The van der Waals surface area contributed by atoms with Gasteiger partial charge in [0.2, 0.25) is 0 Å². The predicted molar refractivity (Wildman–Crippen MR) is 50.4 cm³/mol. The van der Waals surface area contributed by atoms with E-state index in [-0.39, 0.29) is 6.61 Å². The first-order chi connectivity index (χ1) is 6.42. The molecule has 1 aliphatic rings. The summed E-state index contributed by atoms with van der Waals surface area (Å²) < 4.78 is 0. The van der Waals surface area contributed by atoms with Gasteiger partial charge in [0.25, 0.3) is 0 Å². The first kappa shape index (κ1) is 8.66. The molecular weight excluding hydrogens is 164 g/mol. The summed E-state index contributed by atoms with van der Waals surface area (Å²) in [5.74, 6) is 0. The van der Waals surface area contributed by atoms with Gasteiger partial charge in [0.05, 0.1) is 6.61 Å². The molecule has 0 aromatic carbocycles. The van der Waals surface area contributed by atoms with Crippen LogP contribution in [0.5, 0.6) is 0 Å². The molecule has 1 aliphatic carbocycles. The van der Waals surface area contributed by atoms with Crippen LogP contribution in [0.3, 0.4) is 0 Å². The van der Waals surface area contributed by atoms with Crippen molar-refractivity contribution in [2.24, 2.45) is 0 Å². The fraction of sp³-hybridized carbons (Fsp3) is 0.500. The molecule has 0 fully saturated rings. The molecule has 1 heterocycles. The molecule has 2 rings (SSSR count). The number of aliphatic hydroxyl groups excluding tert-OH is 1. The van der Waals surface area contributed by atoms with Crippen molar-refractivity contribution in [1.29, 1.82) is 0 Å². The second-order valence-corrected chi connectivity index (χ2v) is 3.34. The summed E-state index contributed by atoms with van der Waals surface area (Å²) in [6.45, 7) is 0.866. The van der Waals surface area contributed by atoms with Crippen molar-refractivity contribution >= 4 is 0 Å². The summed E-state index contributed by atoms with van der Waals surface area (Å²) >= 11 is 0. The van der Waals surface area contributed by atoms with Crippen molar-refractivity contribution in [2.45, 2.75) is 18.9 Å². The number of nitrogens with zero attached hydrogens (tertiary/aromatic N) is 1. The van der Waals surface area contributed by atoms with Crippen molar-refractivity contribution in [2.75, 3.05) is 13.2 Å². The zero-order valence-corrected chi connectivity index (χ0v) is 7.53. The van der Waals surface area contributed by atoms with Gasteiger partial charge in [-0.05, 0) is 30.0 Å². The van der Waals surface area contributed by atoms with Crippen LogP contribution in [0.15, 0.2) is 18.5 Å². The molecule has 0 aliphatic heterocycles. The monoisotopic (exact) mass is 178 g/mol. The molecule has 0 amide bonds. The second kappa shape index (κ2) is 3.85. The highest BCUT2D eigenvalue weighted by molar-refractivity contribution is 5.31. The largest absolute Gasteiger partial charge is 0.395 e. The average Bonchev–Trinajstić information content (AvgIpc) is 2.58. The molecule has 0 bridgehead atoms. The van der Waals surface area contributed by atoms with Gasteiger partial charge in [-0.1, -0.05) is 0 Å². The molecule has 13 heavy (non-hydrogen) atoms. The van der Waals surface area contributed by atoms with Crippen LogP contribution in [0.25, 0.3) is 0 Å². The number of nitrogens with one attached hydrogen (secondary N) is 1. The molecule has 1 atom stereocenters. The molecule has 0 saturated carbocycles. The lowest BCUT2D eigenvalue weighted by Gasteiger charge is -2.11. The molecule has 1 aromatic rings. The maximum absolute atomic E-state index is 8.70. The van der Waals surface area contributed by atoms with Crippen LogP contribution in [-0.2, 0) is 6.42 Å². The number of aryl methyl sites for hydroxylation is 1. The standard InChI is InChI=1S/C10H14N2O/c13-6-5-12-10-2-1-8-3-4-11-7-9(8)10/h3-4,7,10,12-13H,1-2,5-6H2. The number of aromatic nitrogens is 1. The molecule has 2 N–H and O–H groups in total. The van der Waals surface area contributed by atoms with E-state index in [9.17, 15) is 0 Å². The van der Waals surface area contributed by atoms with Gasteiger partial charge in [0, 0.05) is 25.0 Å². The fourth-order valence-electron chi connectivity index (χ4n) is 1.88. The molecule has 3 heteroatoms. The zero-order chi connectivity index (χ0) is 9.10. The van der Waals surface area contributed by atoms with Gasteiger partial charge < -0.3 is 10.4 Å². The van der Waals surface area contributed by atoms with Crippen molar-refractivity contribution in [3.8, 4) is 0 Å². The average molecular weight is 178 g/mol. The molecule has 0 saturated heterocycles. The number of aliphatic hydroxyl groups is 1. The van der Waals surface area contributed by atoms with E-state index in [0.717, 1.165) is 12.8 Å². The Morgan fingerprint density at radius 2 is 2.54 bits per heavy atom. The van der Waals surface area contributed by atoms with Crippen LogP contribution >= 0.6 is 0 Å². The lowest BCUT2D eigenvalue weighted by atomic mass is 10.1. The van der Waals surface area contributed by atoms with Crippen molar-refractivity contribution in [3.05, 3.63) is 29.6 Å². The number of pyridine rings is 1. The van der Waals surface area contributed by atoms with E-state index in [2.05, 4.69) is 16.4 Å². The van der Waals surface area contributed by atoms with Crippen LogP contribution < -0.4 is 5.32 Å². The molecule has 0 radical (unpaired) electrons. The van der Waals surface area contributed by atoms with Gasteiger partial charge in [0.15, 0.2) is 0 Å². The molecule has 3 nitrogen and oxygen atoms in total. The van der Waals surface area contributed by atoms with E-state index in [1.807, 2.05) is 12.4 Å². The highest BCUT2D eigenvalue weighted by atomic mass is 16.3. The first-order valence-electron chi connectivity index (χ1n) is 4.69. The predicted octanol–water partition coefficient (Wildman–Crippen LogP) is 0.651. The maximum Gasteiger partial charge on any atom is 0.0556 e. The second-order valence-electron chi connectivity index (χ2n) is 3.34. The van der Waals surface area contributed by atoms with Crippen LogP contribution in [0.4, 0.5) is 0 Å². The van der Waals surface area contributed by atoms with Crippen LogP contribution in [0.1, 0.15) is 23.6 Å². The fourth-order valence-corrected chi connectivity index (χ4v) is 1.88. The number of fused-ring (bicyclic) bond motifs is 1. The summed E-state index contributed by atoms with van der Waals surface area (Å²) in [5, 5.41) is 12.0. The van der Waals surface area contributed by atoms with E-state index in [1.54, 1.807) is 0 Å². The lowest BCUT2D eigenvalue weighted by Crippen LogP contribution is -2.22. The van der Waals surface area contributed by atoms with E-state index >= 15 is 0 Å². The summed E-state index contributed by atoms with van der Waals surface area (Å²) in [6, 6.07) is 2.48. The van der Waals surface area contributed by atoms with E-state index in [1.165, 1.54) is 11.1 Å². The summed E-state index contributed by atoms with van der Waals surface area (Å²) in [5.41, 5.74) is 2.70. The Balaban J connectivity index is 2.09. The molecule has 1 unspecified atom stereocenters. The third-order valence-corrected chi connectivity index (χ3v) is 2.53. The van der Waals surface area contributed by atoms with Crippen molar-refractivity contribution < 1.29 is 5.11 Å². The Morgan fingerprint density at radius 1 is 1.62 bits per heavy atom. The third-order valence-electron chi connectivity index (χ3n) is 2.53. The Labute approximate surface area is 77.8 Å². The Hall–Kier alpha value is -0.930. The van der Waals surface area contributed by atoms with Gasteiger partial charge >= 0.3 is 0 Å². The van der Waals surface area contributed by atoms with Crippen molar-refractivity contribution in [1.82, 2.24) is 10.3 Å². The Kier molecular flexibility index (Phi) is 2.57. The Morgan fingerprint density at radius 3 is 3.38 bits per heavy atom. The van der Waals surface area contributed by atoms with E-state index in [4.69, 9.17) is 5.11 Å². The topological polar surface area (TPSA) is 45.1 Å². The van der Waals surface area contributed by atoms with Gasteiger partial charge in [-0.15, -0.1) is 0 Å². The highest BCUT2D eigenvalue weighted by Crippen LogP contribution is 2.29. The zero-order valence-electron chi connectivity index (χ0n) is 7.53. The minimum Gasteiger partial charge on any atom is -0.395 e. The summed E-state index contributed by atoms with van der Waals surface area (Å²) in [6.07, 6.45) is 6.02. The normalized spacial score (nSPS) is 20.2. The molecule has 70 valence electrons. The quantitative estimate of drug-likeness (QED) is 0.714. The van der Waals surface area contributed by atoms with Crippen LogP contribution in [0.2, 0.25) is 0 Å². The number of hydrogen-bond acceptors (Lipinski definition) is 3. The lowest BCUT2D eigenvalue weighted by molar-refractivity contribution is 0.284. The summed E-state index contributed by atoms with van der Waals surface area (Å²) in [4.78, 5) is 4.11. The molecule has 0 spiro atoms. The highest BCUT2D eigenvalue weighted by Gasteiger charge is 2.21. The maximum atomic E-state index is 8.70. The Bertz CT molecular complexity index is 288. The van der Waals surface area contributed by atoms with Gasteiger partial charge in [-0.25, -0.2) is 0 Å². The van der Waals surface area contributed by atoms with Gasteiger partial charge in [-0.2, -0.15) is 0 Å². The van der Waals surface area contributed by atoms with Gasteiger partial charge in [-0.3, -0.25) is 4.98 Å². The smallest absolute Gasteiger partial charge is 0.0556 e. The molecular formula is C10H14N2O. The third kappa shape index (κ3) is 1.71. The van der Waals surface area contributed by atoms with E-state index in [0.29, 0.717) is 12.6 Å². The van der Waals surface area contributed by atoms with E-state index < -0.39 is 0 Å². The summed E-state index contributed by atoms with van der Waals surface area (Å²) in [7, 11) is 0. The van der Waals surface area contributed by atoms with Gasteiger partial charge in [0.1, 0.15) is 0 Å². The minimum absolute atomic E-state index is 0.200. The number of hydrogen-bond donors (Lipinski definition) is 2.